The normalized spacial score (nSPS) is 13.5. The fourth-order valence-electron chi connectivity index (χ4n) is 2.90. The number of rotatable bonds is 4. The summed E-state index contributed by atoms with van der Waals surface area (Å²) in [5, 5.41) is 0. The summed E-state index contributed by atoms with van der Waals surface area (Å²) in [7, 11) is 5.04. The number of anilines is 1. The summed E-state index contributed by atoms with van der Waals surface area (Å²) in [4.78, 5) is 2.37. The summed E-state index contributed by atoms with van der Waals surface area (Å²) < 4.78 is 16.0. The van der Waals surface area contributed by atoms with Gasteiger partial charge < -0.3 is 19.1 Å². The van der Waals surface area contributed by atoms with Crippen LogP contribution in [-0.4, -0.2) is 27.9 Å². The SMILES string of the molecule is COc1ccc(N2CCc3cc(OC)c(OC)cc3C2)cc1. The largest absolute Gasteiger partial charge is 0.497 e. The molecule has 0 N–H and O–H groups in total. The number of hydrogen-bond acceptors (Lipinski definition) is 4. The van der Waals surface area contributed by atoms with E-state index in [2.05, 4.69) is 29.2 Å². The van der Waals surface area contributed by atoms with Gasteiger partial charge in [0.1, 0.15) is 5.75 Å². The standard InChI is InChI=1S/C18H21NO3/c1-20-16-6-4-15(5-7-16)19-9-8-13-10-17(21-2)18(22-3)11-14(13)12-19/h4-7,10-11H,8-9,12H2,1-3H3. The number of fused-ring (bicyclic) bond motifs is 1. The van der Waals surface area contributed by atoms with Crippen LogP contribution < -0.4 is 19.1 Å². The Kier molecular flexibility index (Phi) is 4.09. The van der Waals surface area contributed by atoms with Crippen LogP contribution >= 0.6 is 0 Å². The van der Waals surface area contributed by atoms with Gasteiger partial charge in [-0.3, -0.25) is 0 Å². The van der Waals surface area contributed by atoms with Crippen LogP contribution in [0.25, 0.3) is 0 Å². The summed E-state index contributed by atoms with van der Waals surface area (Å²) in [6, 6.07) is 12.4. The average molecular weight is 299 g/mol. The zero-order valence-electron chi connectivity index (χ0n) is 13.3. The summed E-state index contributed by atoms with van der Waals surface area (Å²) >= 11 is 0. The molecule has 2 aromatic carbocycles. The molecule has 0 saturated heterocycles. The van der Waals surface area contributed by atoms with E-state index in [1.165, 1.54) is 16.8 Å². The molecule has 0 aromatic heterocycles. The molecular weight excluding hydrogens is 278 g/mol. The maximum Gasteiger partial charge on any atom is 0.161 e. The highest BCUT2D eigenvalue weighted by molar-refractivity contribution is 5.54. The lowest BCUT2D eigenvalue weighted by molar-refractivity contribution is 0.353. The van der Waals surface area contributed by atoms with E-state index in [-0.39, 0.29) is 0 Å². The fraction of sp³-hybridized carbons (Fsp3) is 0.333. The molecule has 22 heavy (non-hydrogen) atoms. The first kappa shape index (κ1) is 14.6. The van der Waals surface area contributed by atoms with Gasteiger partial charge in [-0.1, -0.05) is 0 Å². The van der Waals surface area contributed by atoms with Gasteiger partial charge in [0.2, 0.25) is 0 Å². The summed E-state index contributed by atoms with van der Waals surface area (Å²) in [6.07, 6.45) is 1.00. The minimum Gasteiger partial charge on any atom is -0.497 e. The van der Waals surface area contributed by atoms with E-state index < -0.39 is 0 Å². The lowest BCUT2D eigenvalue weighted by Crippen LogP contribution is -2.30. The van der Waals surface area contributed by atoms with Gasteiger partial charge in [0, 0.05) is 18.8 Å². The predicted molar refractivity (Wildman–Crippen MR) is 87.3 cm³/mol. The van der Waals surface area contributed by atoms with E-state index in [9.17, 15) is 0 Å². The van der Waals surface area contributed by atoms with Crippen molar-refractivity contribution in [1.29, 1.82) is 0 Å². The molecule has 0 bridgehead atoms. The van der Waals surface area contributed by atoms with E-state index >= 15 is 0 Å². The first-order valence-corrected chi connectivity index (χ1v) is 7.38. The van der Waals surface area contributed by atoms with Gasteiger partial charge in [0.15, 0.2) is 11.5 Å². The molecule has 4 nitrogen and oxygen atoms in total. The smallest absolute Gasteiger partial charge is 0.161 e. The molecule has 116 valence electrons. The van der Waals surface area contributed by atoms with Gasteiger partial charge in [-0.15, -0.1) is 0 Å². The van der Waals surface area contributed by atoms with Gasteiger partial charge >= 0.3 is 0 Å². The van der Waals surface area contributed by atoms with Crippen molar-refractivity contribution in [2.24, 2.45) is 0 Å². The molecule has 2 aromatic rings. The zero-order chi connectivity index (χ0) is 15.5. The minimum absolute atomic E-state index is 0.790. The summed E-state index contributed by atoms with van der Waals surface area (Å²) in [5.41, 5.74) is 3.84. The lowest BCUT2D eigenvalue weighted by atomic mass is 9.98. The Bertz CT molecular complexity index is 652. The third-order valence-corrected chi connectivity index (χ3v) is 4.16. The van der Waals surface area contributed by atoms with E-state index in [1.54, 1.807) is 21.3 Å². The van der Waals surface area contributed by atoms with Crippen LogP contribution in [0.5, 0.6) is 17.2 Å². The Hall–Kier alpha value is -2.36. The Labute approximate surface area is 131 Å². The Morgan fingerprint density at radius 3 is 2.05 bits per heavy atom. The average Bonchev–Trinajstić information content (AvgIpc) is 2.60. The number of ether oxygens (including phenoxy) is 3. The highest BCUT2D eigenvalue weighted by Gasteiger charge is 2.19. The molecule has 1 aliphatic heterocycles. The van der Waals surface area contributed by atoms with Crippen LogP contribution in [-0.2, 0) is 13.0 Å². The van der Waals surface area contributed by atoms with Crippen LogP contribution in [0.15, 0.2) is 36.4 Å². The van der Waals surface area contributed by atoms with Crippen molar-refractivity contribution in [2.75, 3.05) is 32.8 Å². The quantitative estimate of drug-likeness (QED) is 0.867. The van der Waals surface area contributed by atoms with Crippen LogP contribution in [0.2, 0.25) is 0 Å². The second-order valence-corrected chi connectivity index (χ2v) is 5.35. The first-order chi connectivity index (χ1) is 10.7. The Morgan fingerprint density at radius 1 is 0.818 bits per heavy atom. The molecule has 0 aliphatic carbocycles. The molecule has 0 radical (unpaired) electrons. The van der Waals surface area contributed by atoms with Crippen molar-refractivity contribution in [3.05, 3.63) is 47.5 Å². The van der Waals surface area contributed by atoms with E-state index in [0.717, 1.165) is 36.8 Å². The molecule has 0 saturated carbocycles. The predicted octanol–water partition coefficient (Wildman–Crippen LogP) is 3.28. The van der Waals surface area contributed by atoms with Crippen molar-refractivity contribution in [2.45, 2.75) is 13.0 Å². The van der Waals surface area contributed by atoms with Gasteiger partial charge in [-0.05, 0) is 53.9 Å². The zero-order valence-corrected chi connectivity index (χ0v) is 13.3. The Morgan fingerprint density at radius 2 is 1.45 bits per heavy atom. The van der Waals surface area contributed by atoms with Crippen LogP contribution in [0.3, 0.4) is 0 Å². The molecule has 0 spiro atoms. The molecular formula is C18H21NO3. The molecule has 4 heteroatoms. The Balaban J connectivity index is 1.86. The summed E-state index contributed by atoms with van der Waals surface area (Å²) in [5.74, 6) is 2.48. The lowest BCUT2D eigenvalue weighted by Gasteiger charge is -2.31. The molecule has 0 atom stereocenters. The second-order valence-electron chi connectivity index (χ2n) is 5.35. The van der Waals surface area contributed by atoms with E-state index in [1.807, 2.05) is 12.1 Å². The first-order valence-electron chi connectivity index (χ1n) is 7.38. The van der Waals surface area contributed by atoms with Gasteiger partial charge in [-0.2, -0.15) is 0 Å². The maximum atomic E-state index is 5.41. The van der Waals surface area contributed by atoms with Gasteiger partial charge in [0.05, 0.1) is 21.3 Å². The van der Waals surface area contributed by atoms with Crippen molar-refractivity contribution < 1.29 is 14.2 Å². The van der Waals surface area contributed by atoms with Crippen molar-refractivity contribution in [1.82, 2.24) is 0 Å². The van der Waals surface area contributed by atoms with Crippen LogP contribution in [0.4, 0.5) is 5.69 Å². The highest BCUT2D eigenvalue weighted by atomic mass is 16.5. The molecule has 3 rings (SSSR count). The number of benzene rings is 2. The van der Waals surface area contributed by atoms with Gasteiger partial charge in [0.25, 0.3) is 0 Å². The minimum atomic E-state index is 0.790. The molecule has 1 heterocycles. The molecule has 0 unspecified atom stereocenters. The monoisotopic (exact) mass is 299 g/mol. The molecule has 0 fully saturated rings. The third-order valence-electron chi connectivity index (χ3n) is 4.16. The van der Waals surface area contributed by atoms with Crippen molar-refractivity contribution in [3.8, 4) is 17.2 Å². The third kappa shape index (κ3) is 2.69. The van der Waals surface area contributed by atoms with Crippen LogP contribution in [0, 0.1) is 0 Å². The van der Waals surface area contributed by atoms with Gasteiger partial charge in [-0.25, -0.2) is 0 Å². The molecule has 1 aliphatic rings. The maximum absolute atomic E-state index is 5.41. The van der Waals surface area contributed by atoms with E-state index in [4.69, 9.17) is 14.2 Å². The van der Waals surface area contributed by atoms with Crippen LogP contribution in [0.1, 0.15) is 11.1 Å². The summed E-state index contributed by atoms with van der Waals surface area (Å²) in [6.45, 7) is 1.87. The second kappa shape index (κ2) is 6.18. The fourth-order valence-corrected chi connectivity index (χ4v) is 2.90. The highest BCUT2D eigenvalue weighted by Crippen LogP contribution is 2.34. The molecule has 0 amide bonds. The van der Waals surface area contributed by atoms with Crippen molar-refractivity contribution >= 4 is 5.69 Å². The number of hydrogen-bond donors (Lipinski definition) is 0. The van der Waals surface area contributed by atoms with Crippen molar-refractivity contribution in [3.63, 3.8) is 0 Å². The number of methoxy groups -OCH3 is 3. The number of nitrogens with zero attached hydrogens (tertiary/aromatic N) is 1. The topological polar surface area (TPSA) is 30.9 Å². The van der Waals surface area contributed by atoms with E-state index in [0.29, 0.717) is 0 Å².